The topological polar surface area (TPSA) is 211 Å². The summed E-state index contributed by atoms with van der Waals surface area (Å²) in [5, 5.41) is 52.3. The first-order chi connectivity index (χ1) is 58.8. The number of aliphatic hydroxyl groups excluding tert-OH is 1. The van der Waals surface area contributed by atoms with E-state index in [0.29, 0.717) is 94.6 Å². The van der Waals surface area contributed by atoms with E-state index in [4.69, 9.17) is 21.1 Å². The smallest absolute Gasteiger partial charge is 0.481 e. The number of aliphatic hydroxyl groups is 2. The van der Waals surface area contributed by atoms with Crippen LogP contribution >= 0.6 is 11.6 Å². The molecule has 10 aromatic rings. The first kappa shape index (κ1) is 92.7. The van der Waals surface area contributed by atoms with Gasteiger partial charge < -0.3 is 49.3 Å². The average Bonchev–Trinajstić information content (AvgIpc) is 0.807. The van der Waals surface area contributed by atoms with Crippen LogP contribution in [0.4, 0.5) is 0 Å². The third-order valence-electron chi connectivity index (χ3n) is 26.4. The molecule has 5 aliphatic heterocycles. The zero-order valence-electron chi connectivity index (χ0n) is 70.8. The van der Waals surface area contributed by atoms with Crippen LogP contribution in [0.2, 0.25) is 5.02 Å². The van der Waals surface area contributed by atoms with Crippen molar-refractivity contribution in [3.63, 3.8) is 0 Å². The van der Waals surface area contributed by atoms with Crippen molar-refractivity contribution in [3.05, 3.63) is 358 Å². The molecule has 2 bridgehead atoms. The summed E-state index contributed by atoms with van der Waals surface area (Å²) in [5.74, 6) is -1.65. The third-order valence-corrected chi connectivity index (χ3v) is 26.6. The minimum atomic E-state index is -0.837. The summed E-state index contributed by atoms with van der Waals surface area (Å²) in [7, 11) is 5.83. The minimum Gasteiger partial charge on any atom is -0.481 e. The van der Waals surface area contributed by atoms with Gasteiger partial charge in [-0.25, -0.2) is 0 Å². The second-order valence-corrected chi connectivity index (χ2v) is 33.7. The van der Waals surface area contributed by atoms with Crippen molar-refractivity contribution in [3.8, 4) is 12.1 Å². The molecule has 5 fully saturated rings. The van der Waals surface area contributed by atoms with E-state index in [1.165, 1.54) is 12.8 Å². The van der Waals surface area contributed by atoms with Crippen LogP contribution < -0.4 is 0 Å². The van der Waals surface area contributed by atoms with E-state index in [1.54, 1.807) is 4.90 Å². The van der Waals surface area contributed by atoms with Crippen LogP contribution in [0, 0.1) is 22.7 Å². The van der Waals surface area contributed by atoms with Crippen LogP contribution in [0.3, 0.4) is 0 Å². The molecular formula is C104H116BiClN7O9+3. The number of halogens is 1. The number of likely N-dealkylation sites (N-methyl/N-ethyl adjacent to an activating group) is 1. The second-order valence-electron chi connectivity index (χ2n) is 33.3. The maximum atomic E-state index is 13.8. The van der Waals surface area contributed by atoms with E-state index in [-0.39, 0.29) is 56.8 Å². The van der Waals surface area contributed by atoms with Crippen LogP contribution in [-0.2, 0) is 61.3 Å². The number of nitriles is 2. The molecule has 15 rings (SSSR count). The Labute approximate surface area is 745 Å². The van der Waals surface area contributed by atoms with Crippen molar-refractivity contribution in [2.24, 2.45) is 0 Å². The number of carbonyl (C=O) groups is 4. The van der Waals surface area contributed by atoms with E-state index < -0.39 is 44.6 Å². The van der Waals surface area contributed by atoms with Crippen LogP contribution in [0.5, 0.6) is 0 Å². The Morgan fingerprint density at radius 3 is 1.17 bits per heavy atom. The quantitative estimate of drug-likeness (QED) is 0.0340. The Bertz CT molecular complexity index is 4840. The van der Waals surface area contributed by atoms with Crippen LogP contribution in [0.15, 0.2) is 297 Å². The largest absolute Gasteiger partial charge is 3.00 e. The van der Waals surface area contributed by atoms with Gasteiger partial charge in [-0.2, -0.15) is 10.5 Å². The van der Waals surface area contributed by atoms with Gasteiger partial charge in [0.15, 0.2) is 0 Å². The van der Waals surface area contributed by atoms with Gasteiger partial charge in [0.25, 0.3) is 0 Å². The molecule has 5 heterocycles. The minimum absolute atomic E-state index is 0. The van der Waals surface area contributed by atoms with Gasteiger partial charge in [0.2, 0.25) is 5.91 Å². The van der Waals surface area contributed by atoms with Gasteiger partial charge in [-0.3, -0.25) is 19.2 Å². The molecule has 16 nitrogen and oxygen atoms in total. The number of hydrogen-bond acceptors (Lipinski definition) is 14. The van der Waals surface area contributed by atoms with Crippen molar-refractivity contribution in [2.75, 3.05) is 93.3 Å². The number of carbonyl (C=O) groups excluding carboxylic acids is 3. The van der Waals surface area contributed by atoms with Gasteiger partial charge in [0.1, 0.15) is 28.3 Å². The molecule has 0 saturated carbocycles. The number of rotatable bonds is 26. The molecule has 3 N–H and O–H groups in total. The standard InChI is InChI=1S/C30H32N2O2.C29H33ClN2O2.C28H28N2O2.C17H23NO3.Bi/c1-2-34-28(33)29(25-12-6-3-7-13-25)18-21-32(22-19-29)23-20-30(24-31,26-14-8-4-9-15-26)27-16-10-5-11-17-27;1-31(2)27(33)29(24-9-5-3-6-10-24,25-11-7-4-8-12-25)19-22-32-20-17-28(34,18-21-32)23-13-15-26(30)16-14-23;29-22-28(24-12-6-2-7-13-24,25-14-8-3-9-15-25)18-21-30-19-16-27(17-20-30,26(31)32)23-10-4-1-5-11-23;1-18-13-7-8-14(18)10-15(9-13)21-17(20)16(11-19)12-5-3-2-4-6-12;/h3-17H,2,18-23H2,1H3;3-16,34H,17-22H2,1-2H3;1-15H,16-21H2,(H,31,32);2-6,13-16,19H,7-11H2,1H3;/q;;;;+3/t;;;13-,14+,15?,16?;. The number of carboxylic acids is 1. The van der Waals surface area contributed by atoms with Crippen molar-refractivity contribution in [2.45, 2.75) is 147 Å². The Kier molecular flexibility index (Phi) is 33.3. The fraction of sp³-hybridized carbons (Fsp3) is 0.365. The molecule has 10 aromatic carbocycles. The summed E-state index contributed by atoms with van der Waals surface area (Å²) < 4.78 is 11.2. The number of piperidine rings is 4. The van der Waals surface area contributed by atoms with E-state index >= 15 is 0 Å². The molecule has 1 amide bonds. The van der Waals surface area contributed by atoms with Gasteiger partial charge in [-0.05, 0) is 198 Å². The molecule has 18 heteroatoms. The molecule has 5 saturated heterocycles. The van der Waals surface area contributed by atoms with Gasteiger partial charge in [-0.1, -0.05) is 297 Å². The molecule has 4 atom stereocenters. The summed E-state index contributed by atoms with van der Waals surface area (Å²) >= 11 is 6.03. The second kappa shape index (κ2) is 43.9. The predicted molar refractivity (Wildman–Crippen MR) is 483 cm³/mol. The number of ether oxygens (including phenoxy) is 2. The SMILES string of the molecule is CCOC(=O)C1(c2ccccc2)CCN(CCC(C#N)(c2ccccc2)c2ccccc2)CC1.CN(C)C(=O)C(CCN1CCC(O)(c2ccc(Cl)cc2)CC1)(c1ccccc1)c1ccccc1.CN1[C@@H]2CC[C@H]1CC(OC(=O)C(CO)c1ccccc1)C2.N#CC(CCN1CCC(C(=O)O)(c2ccccc2)CC1)(c1ccccc1)c1ccccc1.[Bi+3]. The van der Waals surface area contributed by atoms with Gasteiger partial charge in [-0.15, -0.1) is 0 Å². The number of carboxylic acid groups (broad SMARTS) is 1. The zero-order valence-corrected chi connectivity index (χ0v) is 75.0. The third kappa shape index (κ3) is 21.6. The molecule has 0 aromatic heterocycles. The zero-order chi connectivity index (χ0) is 85.3. The monoisotopic (exact) mass is 1850 g/mol. The molecule has 5 aliphatic rings. The van der Waals surface area contributed by atoms with Crippen molar-refractivity contribution >= 4 is 61.6 Å². The Balaban J connectivity index is 0.000000160. The number of aliphatic carboxylic acids is 1. The summed E-state index contributed by atoms with van der Waals surface area (Å²) in [6.07, 6.45) is 10.1. The molecule has 122 heavy (non-hydrogen) atoms. The fourth-order valence-electron chi connectivity index (χ4n) is 19.0. The number of likely N-dealkylation sites (tertiary alicyclic amines) is 3. The predicted octanol–water partition coefficient (Wildman–Crippen LogP) is 17.1. The number of nitrogens with zero attached hydrogens (tertiary/aromatic N) is 7. The first-order valence-electron chi connectivity index (χ1n) is 42.9. The van der Waals surface area contributed by atoms with E-state index in [0.717, 1.165) is 114 Å². The van der Waals surface area contributed by atoms with Gasteiger partial charge >= 0.3 is 44.1 Å². The van der Waals surface area contributed by atoms with Crippen molar-refractivity contribution < 1.29 is 44.0 Å². The summed E-state index contributed by atoms with van der Waals surface area (Å²) in [6.45, 7) is 8.85. The van der Waals surface area contributed by atoms with Crippen LogP contribution in [0.25, 0.3) is 0 Å². The molecule has 0 spiro atoms. The first-order valence-corrected chi connectivity index (χ1v) is 43.3. The maximum absolute atomic E-state index is 13.8. The van der Waals surface area contributed by atoms with Crippen LogP contribution in [0.1, 0.15) is 152 Å². The summed E-state index contributed by atoms with van der Waals surface area (Å²) in [4.78, 5) is 62.7. The summed E-state index contributed by atoms with van der Waals surface area (Å²) in [6, 6.07) is 103. The van der Waals surface area contributed by atoms with Gasteiger partial charge in [0.05, 0.1) is 41.8 Å². The number of fused-ring (bicyclic) bond motifs is 2. The van der Waals surface area contributed by atoms with E-state index in [9.17, 15) is 45.0 Å². The van der Waals surface area contributed by atoms with Gasteiger partial charge in [0, 0.05) is 57.4 Å². The number of esters is 2. The Hall–Kier alpha value is -10.0. The molecule has 2 unspecified atom stereocenters. The normalized spacial score (nSPS) is 18.4. The molecule has 0 aliphatic carbocycles. The molecule has 630 valence electrons. The van der Waals surface area contributed by atoms with Crippen LogP contribution in [-0.4, -0.2) is 201 Å². The molecular weight excluding hydrogens is 1740 g/mol. The Morgan fingerprint density at radius 1 is 0.484 bits per heavy atom. The van der Waals surface area contributed by atoms with E-state index in [2.05, 4.69) is 63.1 Å². The van der Waals surface area contributed by atoms with Crippen molar-refractivity contribution in [1.29, 1.82) is 10.5 Å². The Morgan fingerprint density at radius 2 is 0.820 bits per heavy atom. The fourth-order valence-corrected chi connectivity index (χ4v) is 19.1. The number of benzene rings is 10. The number of amides is 1. The molecule has 2 radical (unpaired) electrons. The van der Waals surface area contributed by atoms with E-state index in [1.807, 2.05) is 294 Å². The maximum Gasteiger partial charge on any atom is 3.00 e. The number of hydrogen-bond donors (Lipinski definition) is 3. The average molecular weight is 1850 g/mol. The van der Waals surface area contributed by atoms with Crippen molar-refractivity contribution in [1.82, 2.24) is 24.5 Å². The summed E-state index contributed by atoms with van der Waals surface area (Å²) in [5.41, 5.74) is 5.23.